The molecular formula is C20H23NO6. The monoisotopic (exact) mass is 373 g/mol. The third-order valence-corrected chi connectivity index (χ3v) is 4.18. The van der Waals surface area contributed by atoms with Gasteiger partial charge in [-0.25, -0.2) is 0 Å². The van der Waals surface area contributed by atoms with Crippen molar-refractivity contribution in [1.29, 1.82) is 0 Å². The second-order valence-electron chi connectivity index (χ2n) is 6.01. The normalized spacial score (nSPS) is 15.0. The predicted octanol–water partition coefficient (Wildman–Crippen LogP) is 2.21. The quantitative estimate of drug-likeness (QED) is 0.802. The van der Waals surface area contributed by atoms with Crippen molar-refractivity contribution < 1.29 is 28.5 Å². The molecule has 2 aromatic rings. The Morgan fingerprint density at radius 3 is 2.37 bits per heavy atom. The minimum Gasteiger partial charge on any atom is -0.493 e. The largest absolute Gasteiger partial charge is 0.493 e. The van der Waals surface area contributed by atoms with Gasteiger partial charge in [-0.3, -0.25) is 4.79 Å². The van der Waals surface area contributed by atoms with Crippen molar-refractivity contribution in [2.75, 3.05) is 34.5 Å². The summed E-state index contributed by atoms with van der Waals surface area (Å²) in [5.41, 5.74) is 0.758. The van der Waals surface area contributed by atoms with Gasteiger partial charge in [0.25, 0.3) is 0 Å². The van der Waals surface area contributed by atoms with Gasteiger partial charge < -0.3 is 29.0 Å². The van der Waals surface area contributed by atoms with E-state index in [1.807, 2.05) is 24.3 Å². The second kappa shape index (κ2) is 8.53. The number of carbonyl (C=O) groups is 1. The Morgan fingerprint density at radius 1 is 1.07 bits per heavy atom. The Kier molecular flexibility index (Phi) is 5.90. The maximum absolute atomic E-state index is 12.3. The van der Waals surface area contributed by atoms with Crippen LogP contribution in [-0.4, -0.2) is 46.5 Å². The number of rotatable bonds is 7. The average Bonchev–Trinajstić information content (AvgIpc) is 2.71. The van der Waals surface area contributed by atoms with Gasteiger partial charge in [-0.05, 0) is 29.8 Å². The van der Waals surface area contributed by atoms with Crippen LogP contribution in [-0.2, 0) is 11.2 Å². The van der Waals surface area contributed by atoms with Crippen LogP contribution in [0.15, 0.2) is 36.4 Å². The highest BCUT2D eigenvalue weighted by Crippen LogP contribution is 2.38. The van der Waals surface area contributed by atoms with Crippen LogP contribution in [0, 0.1) is 0 Å². The number of methoxy groups -OCH3 is 3. The number of ether oxygens (including phenoxy) is 5. The number of para-hydroxylation sites is 2. The molecule has 1 heterocycles. The van der Waals surface area contributed by atoms with Crippen LogP contribution in [0.25, 0.3) is 0 Å². The molecule has 1 aliphatic heterocycles. The number of hydrogen-bond acceptors (Lipinski definition) is 6. The second-order valence-corrected chi connectivity index (χ2v) is 6.01. The van der Waals surface area contributed by atoms with Gasteiger partial charge in [0.2, 0.25) is 11.7 Å². The first-order valence-corrected chi connectivity index (χ1v) is 8.58. The summed E-state index contributed by atoms with van der Waals surface area (Å²) in [6, 6.07) is 11.0. The molecule has 0 fully saturated rings. The molecule has 1 aliphatic rings. The van der Waals surface area contributed by atoms with E-state index in [0.29, 0.717) is 36.1 Å². The van der Waals surface area contributed by atoms with E-state index < -0.39 is 0 Å². The summed E-state index contributed by atoms with van der Waals surface area (Å²) in [6.07, 6.45) is -0.0512. The number of benzene rings is 2. The third-order valence-electron chi connectivity index (χ3n) is 4.18. The minimum absolute atomic E-state index is 0.133. The topological polar surface area (TPSA) is 75.3 Å². The number of hydrogen-bond donors (Lipinski definition) is 1. The van der Waals surface area contributed by atoms with Gasteiger partial charge in [0.05, 0.1) is 34.3 Å². The predicted molar refractivity (Wildman–Crippen MR) is 99.2 cm³/mol. The van der Waals surface area contributed by atoms with Crippen LogP contribution in [0.1, 0.15) is 5.56 Å². The van der Waals surface area contributed by atoms with Crippen LogP contribution in [0.3, 0.4) is 0 Å². The minimum atomic E-state index is -0.233. The summed E-state index contributed by atoms with van der Waals surface area (Å²) >= 11 is 0. The molecule has 0 aliphatic carbocycles. The molecule has 0 aromatic heterocycles. The molecule has 0 saturated heterocycles. The first-order valence-electron chi connectivity index (χ1n) is 8.58. The van der Waals surface area contributed by atoms with Crippen LogP contribution in [0.5, 0.6) is 28.7 Å². The third kappa shape index (κ3) is 4.36. The Bertz CT molecular complexity index is 782. The van der Waals surface area contributed by atoms with Crippen LogP contribution >= 0.6 is 0 Å². The van der Waals surface area contributed by atoms with Gasteiger partial charge >= 0.3 is 0 Å². The fourth-order valence-electron chi connectivity index (χ4n) is 2.88. The van der Waals surface area contributed by atoms with Gasteiger partial charge in [0, 0.05) is 0 Å². The van der Waals surface area contributed by atoms with Crippen molar-refractivity contribution in [3.63, 3.8) is 0 Å². The zero-order chi connectivity index (χ0) is 19.2. The summed E-state index contributed by atoms with van der Waals surface area (Å²) < 4.78 is 27.4. The van der Waals surface area contributed by atoms with E-state index in [9.17, 15) is 4.79 Å². The highest BCUT2D eigenvalue weighted by atomic mass is 16.6. The summed E-state index contributed by atoms with van der Waals surface area (Å²) in [7, 11) is 4.62. The fourth-order valence-corrected chi connectivity index (χ4v) is 2.88. The first kappa shape index (κ1) is 18.7. The molecule has 1 atom stereocenters. The van der Waals surface area contributed by atoms with E-state index in [1.165, 1.54) is 7.11 Å². The molecule has 1 amide bonds. The van der Waals surface area contributed by atoms with Crippen molar-refractivity contribution in [3.05, 3.63) is 42.0 Å². The van der Waals surface area contributed by atoms with Crippen molar-refractivity contribution in [2.45, 2.75) is 12.5 Å². The van der Waals surface area contributed by atoms with Crippen molar-refractivity contribution >= 4 is 5.91 Å². The number of amides is 1. The van der Waals surface area contributed by atoms with E-state index in [0.717, 1.165) is 11.3 Å². The summed E-state index contributed by atoms with van der Waals surface area (Å²) in [4.78, 5) is 12.3. The van der Waals surface area contributed by atoms with Crippen LogP contribution < -0.4 is 29.0 Å². The summed E-state index contributed by atoms with van der Waals surface area (Å²) in [5.74, 6) is 2.80. The van der Waals surface area contributed by atoms with E-state index in [1.54, 1.807) is 26.4 Å². The van der Waals surface area contributed by atoms with Gasteiger partial charge in [0.15, 0.2) is 23.0 Å². The van der Waals surface area contributed by atoms with Gasteiger partial charge in [-0.1, -0.05) is 12.1 Å². The molecular weight excluding hydrogens is 350 g/mol. The molecule has 3 rings (SSSR count). The molecule has 1 N–H and O–H groups in total. The summed E-state index contributed by atoms with van der Waals surface area (Å²) in [5, 5.41) is 2.88. The molecule has 0 spiro atoms. The first-order chi connectivity index (χ1) is 13.1. The molecule has 2 aromatic carbocycles. The van der Waals surface area contributed by atoms with Crippen molar-refractivity contribution in [3.8, 4) is 28.7 Å². The van der Waals surface area contributed by atoms with Crippen molar-refractivity contribution in [2.24, 2.45) is 0 Å². The highest BCUT2D eigenvalue weighted by molar-refractivity contribution is 5.79. The lowest BCUT2D eigenvalue weighted by Crippen LogP contribution is -2.41. The SMILES string of the molecule is COc1cc(CC(=O)NC[C@@H]2COc3ccccc3O2)cc(OC)c1OC. The van der Waals surface area contributed by atoms with E-state index in [4.69, 9.17) is 23.7 Å². The Labute approximate surface area is 158 Å². The Balaban J connectivity index is 1.58. The van der Waals surface area contributed by atoms with E-state index >= 15 is 0 Å². The van der Waals surface area contributed by atoms with Crippen LogP contribution in [0.2, 0.25) is 0 Å². The van der Waals surface area contributed by atoms with Gasteiger partial charge in [-0.2, -0.15) is 0 Å². The van der Waals surface area contributed by atoms with E-state index in [-0.39, 0.29) is 18.4 Å². The highest BCUT2D eigenvalue weighted by Gasteiger charge is 2.21. The smallest absolute Gasteiger partial charge is 0.224 e. The summed E-state index contributed by atoms with van der Waals surface area (Å²) in [6.45, 7) is 0.749. The molecule has 0 bridgehead atoms. The maximum Gasteiger partial charge on any atom is 0.224 e. The Hall–Kier alpha value is -3.09. The fraction of sp³-hybridized carbons (Fsp3) is 0.350. The number of nitrogens with one attached hydrogen (secondary N) is 1. The van der Waals surface area contributed by atoms with Gasteiger partial charge in [0.1, 0.15) is 12.7 Å². The molecule has 0 saturated carbocycles. The lowest BCUT2D eigenvalue weighted by atomic mass is 10.1. The lowest BCUT2D eigenvalue weighted by Gasteiger charge is -2.26. The molecule has 144 valence electrons. The average molecular weight is 373 g/mol. The number of carbonyl (C=O) groups excluding carboxylic acids is 1. The molecule has 7 heteroatoms. The standard InChI is InChI=1S/C20H23NO6/c1-23-17-8-13(9-18(24-2)20(17)25-3)10-19(22)21-11-14-12-26-15-6-4-5-7-16(15)27-14/h4-9,14H,10-12H2,1-3H3,(H,21,22)/t14-/m1/s1. The van der Waals surface area contributed by atoms with Crippen molar-refractivity contribution in [1.82, 2.24) is 5.32 Å². The molecule has 0 unspecified atom stereocenters. The molecule has 0 radical (unpaired) electrons. The lowest BCUT2D eigenvalue weighted by molar-refractivity contribution is -0.120. The zero-order valence-corrected chi connectivity index (χ0v) is 15.6. The van der Waals surface area contributed by atoms with E-state index in [2.05, 4.69) is 5.32 Å². The Morgan fingerprint density at radius 2 is 1.74 bits per heavy atom. The maximum atomic E-state index is 12.3. The zero-order valence-electron chi connectivity index (χ0n) is 15.6. The number of fused-ring (bicyclic) bond motifs is 1. The van der Waals surface area contributed by atoms with Crippen LogP contribution in [0.4, 0.5) is 0 Å². The van der Waals surface area contributed by atoms with Gasteiger partial charge in [-0.15, -0.1) is 0 Å². The molecule has 27 heavy (non-hydrogen) atoms. The molecule has 7 nitrogen and oxygen atoms in total.